The van der Waals surface area contributed by atoms with Gasteiger partial charge in [0.15, 0.2) is 0 Å². The van der Waals surface area contributed by atoms with Crippen LogP contribution in [0.2, 0.25) is 0 Å². The minimum Gasteiger partial charge on any atom is -0.497 e. The first-order chi connectivity index (χ1) is 11.6. The molecule has 1 aliphatic rings. The molecule has 0 spiro atoms. The van der Waals surface area contributed by atoms with Gasteiger partial charge in [0.1, 0.15) is 11.4 Å². The second kappa shape index (κ2) is 6.49. The second-order valence-corrected chi connectivity index (χ2v) is 5.19. The summed E-state index contributed by atoms with van der Waals surface area (Å²) in [5, 5.41) is 2.71. The van der Waals surface area contributed by atoms with E-state index in [4.69, 9.17) is 4.74 Å². The fourth-order valence-electron chi connectivity index (χ4n) is 2.43. The first-order valence-electron chi connectivity index (χ1n) is 7.35. The van der Waals surface area contributed by atoms with E-state index in [-0.39, 0.29) is 30.1 Å². The van der Waals surface area contributed by atoms with Crippen molar-refractivity contribution in [2.45, 2.75) is 6.42 Å². The van der Waals surface area contributed by atoms with Crippen LogP contribution in [0.3, 0.4) is 0 Å². The van der Waals surface area contributed by atoms with Gasteiger partial charge in [0.2, 0.25) is 5.91 Å². The molecule has 1 aliphatic heterocycles. The van der Waals surface area contributed by atoms with Crippen LogP contribution in [0.15, 0.2) is 42.6 Å². The molecule has 0 aliphatic carbocycles. The number of imide groups is 1. The van der Waals surface area contributed by atoms with E-state index in [9.17, 15) is 14.4 Å². The van der Waals surface area contributed by atoms with Crippen molar-refractivity contribution in [1.82, 2.24) is 9.88 Å². The molecule has 2 heterocycles. The molecular formula is C17H15N3O4. The highest BCUT2D eigenvalue weighted by atomic mass is 16.5. The number of pyridine rings is 1. The van der Waals surface area contributed by atoms with Crippen LogP contribution in [0, 0.1) is 0 Å². The minimum absolute atomic E-state index is 0.00994. The number of nitrogens with zero attached hydrogens (tertiary/aromatic N) is 2. The Balaban J connectivity index is 1.59. The van der Waals surface area contributed by atoms with Crippen LogP contribution in [0.1, 0.15) is 27.3 Å². The molecule has 1 aromatic carbocycles. The Hall–Kier alpha value is -3.22. The number of benzene rings is 1. The first kappa shape index (κ1) is 15.7. The van der Waals surface area contributed by atoms with Crippen molar-refractivity contribution in [3.63, 3.8) is 0 Å². The standard InChI is InChI=1S/C17H15N3O4/c1-24-12-6-4-11(5-7-12)19-14(21)8-10-20-16(22)13-3-2-9-18-15(13)17(20)23/h2-7,9H,8,10H2,1H3,(H,19,21). The molecule has 7 nitrogen and oxygen atoms in total. The molecule has 7 heteroatoms. The number of fused-ring (bicyclic) bond motifs is 1. The molecule has 0 saturated heterocycles. The van der Waals surface area contributed by atoms with Crippen LogP contribution in [-0.2, 0) is 4.79 Å². The molecule has 0 atom stereocenters. The number of hydrogen-bond donors (Lipinski definition) is 1. The lowest BCUT2D eigenvalue weighted by Crippen LogP contribution is -2.33. The number of carbonyl (C=O) groups excluding carboxylic acids is 3. The van der Waals surface area contributed by atoms with E-state index < -0.39 is 11.8 Å². The number of rotatable bonds is 5. The minimum atomic E-state index is -0.465. The average Bonchev–Trinajstić information content (AvgIpc) is 2.85. The molecular weight excluding hydrogens is 310 g/mol. The number of amides is 3. The van der Waals surface area contributed by atoms with E-state index in [1.807, 2.05) is 0 Å². The molecule has 0 unspecified atom stereocenters. The number of carbonyl (C=O) groups is 3. The third-order valence-corrected chi connectivity index (χ3v) is 3.67. The average molecular weight is 325 g/mol. The topological polar surface area (TPSA) is 88.6 Å². The van der Waals surface area contributed by atoms with E-state index >= 15 is 0 Å². The summed E-state index contributed by atoms with van der Waals surface area (Å²) in [4.78, 5) is 41.3. The predicted octanol–water partition coefficient (Wildman–Crippen LogP) is 1.71. The normalized spacial score (nSPS) is 13.0. The van der Waals surface area contributed by atoms with Crippen LogP contribution in [0.4, 0.5) is 5.69 Å². The van der Waals surface area contributed by atoms with Crippen LogP contribution in [0.5, 0.6) is 5.75 Å². The zero-order valence-electron chi connectivity index (χ0n) is 13.0. The van der Waals surface area contributed by atoms with Gasteiger partial charge >= 0.3 is 0 Å². The first-order valence-corrected chi connectivity index (χ1v) is 7.35. The molecule has 1 aromatic heterocycles. The quantitative estimate of drug-likeness (QED) is 0.846. The summed E-state index contributed by atoms with van der Waals surface area (Å²) in [6.07, 6.45) is 1.47. The highest BCUT2D eigenvalue weighted by Crippen LogP contribution is 2.20. The number of methoxy groups -OCH3 is 1. The lowest BCUT2D eigenvalue weighted by Gasteiger charge is -2.13. The van der Waals surface area contributed by atoms with E-state index in [2.05, 4.69) is 10.3 Å². The molecule has 0 saturated carbocycles. The predicted molar refractivity (Wildman–Crippen MR) is 85.8 cm³/mol. The van der Waals surface area contributed by atoms with Gasteiger partial charge in [0, 0.05) is 24.8 Å². The lowest BCUT2D eigenvalue weighted by atomic mass is 10.2. The number of hydrogen-bond acceptors (Lipinski definition) is 5. The van der Waals surface area contributed by atoms with E-state index in [1.54, 1.807) is 43.5 Å². The Morgan fingerprint density at radius 2 is 1.92 bits per heavy atom. The summed E-state index contributed by atoms with van der Waals surface area (Å²) in [7, 11) is 1.56. The second-order valence-electron chi connectivity index (χ2n) is 5.19. The van der Waals surface area contributed by atoms with Gasteiger partial charge in [0.05, 0.1) is 12.7 Å². The van der Waals surface area contributed by atoms with Crippen molar-refractivity contribution >= 4 is 23.4 Å². The molecule has 0 radical (unpaired) electrons. The van der Waals surface area contributed by atoms with Crippen molar-refractivity contribution in [3.05, 3.63) is 53.9 Å². The largest absolute Gasteiger partial charge is 0.497 e. The Bertz CT molecular complexity index is 767. The summed E-state index contributed by atoms with van der Waals surface area (Å²) in [5.41, 5.74) is 1.03. The van der Waals surface area contributed by atoms with Crippen LogP contribution in [0.25, 0.3) is 0 Å². The monoisotopic (exact) mass is 325 g/mol. The number of aromatic nitrogens is 1. The summed E-state index contributed by atoms with van der Waals surface area (Å²) in [5.74, 6) is -0.482. The smallest absolute Gasteiger partial charge is 0.280 e. The van der Waals surface area contributed by atoms with E-state index in [0.717, 1.165) is 4.90 Å². The van der Waals surface area contributed by atoms with Crippen molar-refractivity contribution in [1.29, 1.82) is 0 Å². The Labute approximate surface area is 138 Å². The number of ether oxygens (including phenoxy) is 1. The van der Waals surface area contributed by atoms with Gasteiger partial charge in [-0.2, -0.15) is 0 Å². The maximum atomic E-state index is 12.2. The van der Waals surface area contributed by atoms with Crippen molar-refractivity contribution in [3.8, 4) is 5.75 Å². The maximum Gasteiger partial charge on any atom is 0.280 e. The summed E-state index contributed by atoms with van der Waals surface area (Å²) < 4.78 is 5.04. The van der Waals surface area contributed by atoms with Crippen molar-refractivity contribution < 1.29 is 19.1 Å². The lowest BCUT2D eigenvalue weighted by molar-refractivity contribution is -0.116. The zero-order chi connectivity index (χ0) is 17.1. The molecule has 0 fully saturated rings. The summed E-state index contributed by atoms with van der Waals surface area (Å²) in [6, 6.07) is 10.0. The Kier molecular flexibility index (Phi) is 4.24. The van der Waals surface area contributed by atoms with Crippen LogP contribution >= 0.6 is 0 Å². The zero-order valence-corrected chi connectivity index (χ0v) is 13.0. The van der Waals surface area contributed by atoms with Gasteiger partial charge in [-0.05, 0) is 36.4 Å². The maximum absolute atomic E-state index is 12.2. The third-order valence-electron chi connectivity index (χ3n) is 3.67. The summed E-state index contributed by atoms with van der Waals surface area (Å²) >= 11 is 0. The van der Waals surface area contributed by atoms with Gasteiger partial charge in [-0.25, -0.2) is 0 Å². The summed E-state index contributed by atoms with van der Waals surface area (Å²) in [6.45, 7) is 0.00994. The Morgan fingerprint density at radius 3 is 2.58 bits per heavy atom. The van der Waals surface area contributed by atoms with E-state index in [1.165, 1.54) is 6.20 Å². The van der Waals surface area contributed by atoms with Gasteiger partial charge in [-0.3, -0.25) is 24.3 Å². The fourth-order valence-corrected chi connectivity index (χ4v) is 2.43. The molecule has 3 rings (SSSR count). The highest BCUT2D eigenvalue weighted by molar-refractivity contribution is 6.20. The Morgan fingerprint density at radius 1 is 1.17 bits per heavy atom. The van der Waals surface area contributed by atoms with Crippen molar-refractivity contribution in [2.24, 2.45) is 0 Å². The van der Waals surface area contributed by atoms with Crippen LogP contribution < -0.4 is 10.1 Å². The molecule has 3 amide bonds. The number of nitrogens with one attached hydrogen (secondary N) is 1. The van der Waals surface area contributed by atoms with Gasteiger partial charge in [-0.15, -0.1) is 0 Å². The van der Waals surface area contributed by atoms with Crippen molar-refractivity contribution in [2.75, 3.05) is 19.0 Å². The molecule has 1 N–H and O–H groups in total. The van der Waals surface area contributed by atoms with Gasteiger partial charge < -0.3 is 10.1 Å². The fraction of sp³-hybridized carbons (Fsp3) is 0.176. The third kappa shape index (κ3) is 2.96. The van der Waals surface area contributed by atoms with Gasteiger partial charge in [-0.1, -0.05) is 0 Å². The molecule has 24 heavy (non-hydrogen) atoms. The number of anilines is 1. The van der Waals surface area contributed by atoms with E-state index in [0.29, 0.717) is 11.4 Å². The molecule has 0 bridgehead atoms. The molecule has 2 aromatic rings. The molecule has 122 valence electrons. The SMILES string of the molecule is COc1ccc(NC(=O)CCN2C(=O)c3cccnc3C2=O)cc1. The highest BCUT2D eigenvalue weighted by Gasteiger charge is 2.36. The van der Waals surface area contributed by atoms with Crippen LogP contribution in [-0.4, -0.2) is 41.3 Å². The van der Waals surface area contributed by atoms with Gasteiger partial charge in [0.25, 0.3) is 11.8 Å².